The molecule has 0 aliphatic carbocycles. The Labute approximate surface area is 212 Å². The molecule has 12 heteroatoms. The lowest BCUT2D eigenvalue weighted by Crippen LogP contribution is -2.59. The van der Waals surface area contributed by atoms with Crippen molar-refractivity contribution >= 4 is 22.4 Å². The van der Waals surface area contributed by atoms with Crippen LogP contribution in [0.25, 0.3) is 0 Å². The Morgan fingerprint density at radius 1 is 1.14 bits per heavy atom. The van der Waals surface area contributed by atoms with E-state index in [1.54, 1.807) is 67.7 Å². The molecular weight excluding hydrogens is 502 g/mol. The van der Waals surface area contributed by atoms with Crippen molar-refractivity contribution in [1.82, 2.24) is 20.3 Å². The number of halogens is 3. The molecule has 2 aromatic rings. The molecule has 1 saturated heterocycles. The fourth-order valence-electron chi connectivity index (χ4n) is 4.48. The summed E-state index contributed by atoms with van der Waals surface area (Å²) in [5.41, 5.74) is 5.65. The van der Waals surface area contributed by atoms with Crippen molar-refractivity contribution in [2.24, 2.45) is 5.92 Å². The standard InChI is InChI=1S/C23H32F2N4O4S.ClH/c1-26-29(27-2)16-20-15-28(34(30,31)17-18-8-5-4-6-9-18)13-12-23(20,33-22(24)25)19-10-7-11-21(14-19)32-3;/h4-11,14,20,22,26-27H,12-13,15-17H2,1-3H3;1H. The number of hydrazine groups is 2. The zero-order chi connectivity index (χ0) is 24.8. The van der Waals surface area contributed by atoms with Gasteiger partial charge in [-0.05, 0) is 29.7 Å². The fraction of sp³-hybridized carbons (Fsp3) is 0.478. The molecule has 1 heterocycles. The van der Waals surface area contributed by atoms with Gasteiger partial charge < -0.3 is 9.47 Å². The molecule has 0 radical (unpaired) electrons. The summed E-state index contributed by atoms with van der Waals surface area (Å²) in [6.45, 7) is -2.78. The molecule has 1 aliphatic rings. The number of sulfonamides is 1. The molecule has 196 valence electrons. The number of nitrogens with one attached hydrogen (secondary N) is 2. The van der Waals surface area contributed by atoms with Gasteiger partial charge in [0.15, 0.2) is 0 Å². The van der Waals surface area contributed by atoms with E-state index < -0.39 is 28.2 Å². The number of hydrogen-bond donors (Lipinski definition) is 2. The van der Waals surface area contributed by atoms with Gasteiger partial charge in [-0.3, -0.25) is 0 Å². The first-order valence-corrected chi connectivity index (χ1v) is 12.6. The van der Waals surface area contributed by atoms with Crippen LogP contribution in [0.1, 0.15) is 17.5 Å². The quantitative estimate of drug-likeness (QED) is 0.429. The largest absolute Gasteiger partial charge is 0.497 e. The Kier molecular flexibility index (Phi) is 10.8. The predicted molar refractivity (Wildman–Crippen MR) is 133 cm³/mol. The lowest BCUT2D eigenvalue weighted by molar-refractivity contribution is -0.247. The van der Waals surface area contributed by atoms with E-state index in [0.717, 1.165) is 0 Å². The summed E-state index contributed by atoms with van der Waals surface area (Å²) >= 11 is 0. The molecule has 35 heavy (non-hydrogen) atoms. The van der Waals surface area contributed by atoms with Crippen molar-refractivity contribution in [3.05, 3.63) is 65.7 Å². The van der Waals surface area contributed by atoms with Crippen molar-refractivity contribution in [3.8, 4) is 5.75 Å². The van der Waals surface area contributed by atoms with E-state index in [0.29, 0.717) is 16.9 Å². The minimum absolute atomic E-state index is 0. The van der Waals surface area contributed by atoms with Crippen LogP contribution in [0.15, 0.2) is 54.6 Å². The number of rotatable bonds is 11. The molecule has 2 N–H and O–H groups in total. The van der Waals surface area contributed by atoms with Crippen LogP contribution in [0.2, 0.25) is 0 Å². The monoisotopic (exact) mass is 534 g/mol. The number of benzene rings is 2. The van der Waals surface area contributed by atoms with Crippen molar-refractivity contribution < 1.29 is 26.7 Å². The predicted octanol–water partition coefficient (Wildman–Crippen LogP) is 2.97. The van der Waals surface area contributed by atoms with Gasteiger partial charge in [-0.1, -0.05) is 42.5 Å². The number of piperidine rings is 1. The van der Waals surface area contributed by atoms with Gasteiger partial charge in [0.2, 0.25) is 10.0 Å². The van der Waals surface area contributed by atoms with Gasteiger partial charge in [0.05, 0.1) is 12.9 Å². The van der Waals surface area contributed by atoms with E-state index in [2.05, 4.69) is 10.9 Å². The minimum Gasteiger partial charge on any atom is -0.497 e. The Hall–Kier alpha value is -1.86. The van der Waals surface area contributed by atoms with Crippen LogP contribution >= 0.6 is 12.4 Å². The third-order valence-electron chi connectivity index (χ3n) is 6.20. The maximum atomic E-state index is 13.8. The van der Waals surface area contributed by atoms with Crippen molar-refractivity contribution in [2.75, 3.05) is 40.8 Å². The molecular formula is C23H33ClF2N4O4S. The second kappa shape index (κ2) is 12.9. The lowest BCUT2D eigenvalue weighted by Gasteiger charge is -2.48. The molecule has 0 bridgehead atoms. The molecule has 0 amide bonds. The highest BCUT2D eigenvalue weighted by Gasteiger charge is 2.50. The van der Waals surface area contributed by atoms with Gasteiger partial charge in [-0.15, -0.1) is 12.4 Å². The maximum absolute atomic E-state index is 13.8. The maximum Gasteiger partial charge on any atom is 0.346 e. The molecule has 2 atom stereocenters. The zero-order valence-electron chi connectivity index (χ0n) is 20.0. The second-order valence-electron chi connectivity index (χ2n) is 8.10. The van der Waals surface area contributed by atoms with Crippen molar-refractivity contribution in [3.63, 3.8) is 0 Å². The minimum atomic E-state index is -3.69. The number of nitrogens with zero attached hydrogens (tertiary/aromatic N) is 2. The lowest BCUT2D eigenvalue weighted by atomic mass is 9.76. The molecule has 0 saturated carbocycles. The van der Waals surface area contributed by atoms with Crippen LogP contribution in [0.5, 0.6) is 5.75 Å². The molecule has 3 rings (SSSR count). The summed E-state index contributed by atoms with van der Waals surface area (Å²) in [7, 11) is 1.18. The number of methoxy groups -OCH3 is 1. The Morgan fingerprint density at radius 3 is 2.43 bits per heavy atom. The van der Waals surface area contributed by atoms with E-state index in [1.807, 2.05) is 6.07 Å². The highest BCUT2D eigenvalue weighted by molar-refractivity contribution is 7.88. The molecule has 0 spiro atoms. The Bertz CT molecular complexity index is 1030. The first-order valence-electron chi connectivity index (χ1n) is 11.0. The third-order valence-corrected chi connectivity index (χ3v) is 8.02. The SMILES string of the molecule is CNN(CC1CN(S(=O)(=O)Cc2ccccc2)CCC1(OC(F)F)c1cccc(OC)c1)NC.Cl. The smallest absolute Gasteiger partial charge is 0.346 e. The summed E-state index contributed by atoms with van der Waals surface area (Å²) in [4.78, 5) is 0. The van der Waals surface area contributed by atoms with Crippen LogP contribution in [-0.4, -0.2) is 65.3 Å². The number of hydrogen-bond acceptors (Lipinski definition) is 7. The molecule has 1 fully saturated rings. The highest BCUT2D eigenvalue weighted by Crippen LogP contribution is 2.44. The van der Waals surface area contributed by atoms with E-state index in [9.17, 15) is 17.2 Å². The fourth-order valence-corrected chi connectivity index (χ4v) is 6.05. The average Bonchev–Trinajstić information content (AvgIpc) is 2.83. The molecule has 1 aliphatic heterocycles. The summed E-state index contributed by atoms with van der Waals surface area (Å²) in [6.07, 6.45) is 0.0600. The van der Waals surface area contributed by atoms with Crippen molar-refractivity contribution in [1.29, 1.82) is 0 Å². The van der Waals surface area contributed by atoms with Gasteiger partial charge in [-0.25, -0.2) is 23.6 Å². The summed E-state index contributed by atoms with van der Waals surface area (Å²) in [6, 6.07) is 15.7. The Balaban J connectivity index is 0.00000432. The van der Waals surface area contributed by atoms with Crippen LogP contribution in [0.3, 0.4) is 0 Å². The highest BCUT2D eigenvalue weighted by atomic mass is 35.5. The molecule has 8 nitrogen and oxygen atoms in total. The first kappa shape index (κ1) is 29.4. The summed E-state index contributed by atoms with van der Waals surface area (Å²) in [5, 5.41) is 1.61. The second-order valence-corrected chi connectivity index (χ2v) is 10.1. The van der Waals surface area contributed by atoms with Gasteiger partial charge in [0, 0.05) is 39.6 Å². The van der Waals surface area contributed by atoms with Crippen LogP contribution in [-0.2, 0) is 26.1 Å². The van der Waals surface area contributed by atoms with Gasteiger partial charge in [0.1, 0.15) is 11.4 Å². The van der Waals surface area contributed by atoms with Crippen LogP contribution in [0, 0.1) is 5.92 Å². The van der Waals surface area contributed by atoms with E-state index >= 15 is 0 Å². The molecule has 2 unspecified atom stereocenters. The van der Waals surface area contributed by atoms with Gasteiger partial charge in [0.25, 0.3) is 0 Å². The summed E-state index contributed by atoms with van der Waals surface area (Å²) in [5.74, 6) is -0.288. The number of ether oxygens (including phenoxy) is 2. The Morgan fingerprint density at radius 2 is 1.83 bits per heavy atom. The normalized spacial score (nSPS) is 21.2. The van der Waals surface area contributed by atoms with E-state index in [4.69, 9.17) is 9.47 Å². The average molecular weight is 535 g/mol. The number of alkyl halides is 2. The van der Waals surface area contributed by atoms with Crippen LogP contribution < -0.4 is 15.6 Å². The van der Waals surface area contributed by atoms with Gasteiger partial charge in [-0.2, -0.15) is 13.9 Å². The summed E-state index contributed by atoms with van der Waals surface area (Å²) < 4.78 is 66.2. The molecule has 2 aromatic carbocycles. The van der Waals surface area contributed by atoms with Crippen molar-refractivity contribution in [2.45, 2.75) is 24.4 Å². The van der Waals surface area contributed by atoms with Gasteiger partial charge >= 0.3 is 6.61 Å². The topological polar surface area (TPSA) is 83.1 Å². The molecule has 0 aromatic heterocycles. The zero-order valence-corrected chi connectivity index (χ0v) is 21.6. The van der Waals surface area contributed by atoms with Crippen LogP contribution in [0.4, 0.5) is 8.78 Å². The first-order chi connectivity index (χ1) is 16.2. The van der Waals surface area contributed by atoms with E-state index in [1.165, 1.54) is 11.4 Å². The third kappa shape index (κ3) is 7.10. The van der Waals surface area contributed by atoms with E-state index in [-0.39, 0.29) is 44.2 Å².